The van der Waals surface area contributed by atoms with E-state index in [4.69, 9.17) is 15.2 Å². The maximum absolute atomic E-state index is 12.6. The second-order valence-corrected chi connectivity index (χ2v) is 5.85. The van der Waals surface area contributed by atoms with Gasteiger partial charge in [-0.1, -0.05) is 18.2 Å². The summed E-state index contributed by atoms with van der Waals surface area (Å²) in [5, 5.41) is 2.90. The fourth-order valence-corrected chi connectivity index (χ4v) is 2.67. The van der Waals surface area contributed by atoms with E-state index in [1.807, 2.05) is 30.3 Å². The number of carbonyl (C=O) groups is 1. The monoisotopic (exact) mass is 327 g/mol. The highest BCUT2D eigenvalue weighted by atomic mass is 16.5. The molecule has 0 bridgehead atoms. The SMILES string of the molecule is NCC1(C(=O)Nc2ccc(Oc3ccccc3)nc2)CCOCC1. The topological polar surface area (TPSA) is 86.5 Å². The van der Waals surface area contributed by atoms with Crippen LogP contribution in [0.5, 0.6) is 11.6 Å². The fourth-order valence-electron chi connectivity index (χ4n) is 2.67. The molecule has 1 saturated heterocycles. The van der Waals surface area contributed by atoms with E-state index in [9.17, 15) is 4.79 Å². The molecule has 3 N–H and O–H groups in total. The lowest BCUT2D eigenvalue weighted by Gasteiger charge is -2.34. The van der Waals surface area contributed by atoms with Gasteiger partial charge in [-0.25, -0.2) is 4.98 Å². The number of para-hydroxylation sites is 1. The zero-order valence-electron chi connectivity index (χ0n) is 13.4. The van der Waals surface area contributed by atoms with Crippen LogP contribution in [0.15, 0.2) is 48.7 Å². The van der Waals surface area contributed by atoms with Gasteiger partial charge in [-0.15, -0.1) is 0 Å². The van der Waals surface area contributed by atoms with E-state index >= 15 is 0 Å². The molecule has 0 unspecified atom stereocenters. The summed E-state index contributed by atoms with van der Waals surface area (Å²) in [4.78, 5) is 16.8. The standard InChI is InChI=1S/C18H21N3O3/c19-13-18(8-10-23-11-9-18)17(22)21-14-6-7-16(20-12-14)24-15-4-2-1-3-5-15/h1-7,12H,8-11,13,19H2,(H,21,22). The van der Waals surface area contributed by atoms with Crippen molar-refractivity contribution in [2.75, 3.05) is 25.1 Å². The van der Waals surface area contributed by atoms with Crippen LogP contribution in [0, 0.1) is 5.41 Å². The molecule has 0 spiro atoms. The second-order valence-electron chi connectivity index (χ2n) is 5.85. The molecule has 1 aliphatic rings. The minimum Gasteiger partial charge on any atom is -0.439 e. The number of amides is 1. The van der Waals surface area contributed by atoms with Crippen molar-refractivity contribution < 1.29 is 14.3 Å². The number of nitrogens with zero attached hydrogens (tertiary/aromatic N) is 1. The van der Waals surface area contributed by atoms with E-state index in [1.54, 1.807) is 18.3 Å². The molecule has 1 aromatic heterocycles. The normalized spacial score (nSPS) is 16.4. The van der Waals surface area contributed by atoms with Gasteiger partial charge in [0, 0.05) is 25.8 Å². The number of anilines is 1. The van der Waals surface area contributed by atoms with Crippen molar-refractivity contribution in [3.05, 3.63) is 48.7 Å². The van der Waals surface area contributed by atoms with Crippen molar-refractivity contribution in [2.24, 2.45) is 11.1 Å². The van der Waals surface area contributed by atoms with E-state index in [0.29, 0.717) is 49.9 Å². The molecule has 1 fully saturated rings. The summed E-state index contributed by atoms with van der Waals surface area (Å²) in [5.74, 6) is 1.11. The summed E-state index contributed by atoms with van der Waals surface area (Å²) < 4.78 is 11.0. The van der Waals surface area contributed by atoms with E-state index < -0.39 is 5.41 Å². The van der Waals surface area contributed by atoms with Crippen LogP contribution < -0.4 is 15.8 Å². The Kier molecular flexibility index (Phi) is 5.08. The number of nitrogens with two attached hydrogens (primary N) is 1. The molecule has 2 heterocycles. The Bertz CT molecular complexity index is 668. The molecular formula is C18H21N3O3. The minimum absolute atomic E-state index is 0.0770. The Hall–Kier alpha value is -2.44. The van der Waals surface area contributed by atoms with Crippen LogP contribution in [-0.2, 0) is 9.53 Å². The number of benzene rings is 1. The molecule has 126 valence electrons. The van der Waals surface area contributed by atoms with Gasteiger partial charge in [-0.3, -0.25) is 4.79 Å². The Morgan fingerprint density at radius 3 is 2.58 bits per heavy atom. The summed E-state index contributed by atoms with van der Waals surface area (Å²) in [6.07, 6.45) is 2.86. The number of ether oxygens (including phenoxy) is 2. The van der Waals surface area contributed by atoms with E-state index in [2.05, 4.69) is 10.3 Å². The van der Waals surface area contributed by atoms with Crippen molar-refractivity contribution in [1.82, 2.24) is 4.98 Å². The molecule has 0 aliphatic carbocycles. The lowest BCUT2D eigenvalue weighted by Crippen LogP contribution is -2.46. The average molecular weight is 327 g/mol. The van der Waals surface area contributed by atoms with Gasteiger partial charge >= 0.3 is 0 Å². The van der Waals surface area contributed by atoms with Gasteiger partial charge in [0.25, 0.3) is 0 Å². The van der Waals surface area contributed by atoms with Crippen molar-refractivity contribution in [2.45, 2.75) is 12.8 Å². The molecule has 0 saturated carbocycles. The Morgan fingerprint density at radius 1 is 1.21 bits per heavy atom. The lowest BCUT2D eigenvalue weighted by atomic mass is 9.79. The highest BCUT2D eigenvalue weighted by molar-refractivity contribution is 5.95. The molecule has 3 rings (SSSR count). The van der Waals surface area contributed by atoms with E-state index in [1.165, 1.54) is 0 Å². The molecule has 2 aromatic rings. The van der Waals surface area contributed by atoms with Crippen LogP contribution >= 0.6 is 0 Å². The highest BCUT2D eigenvalue weighted by Crippen LogP contribution is 2.31. The first-order chi connectivity index (χ1) is 11.7. The summed E-state index contributed by atoms with van der Waals surface area (Å²) in [5.41, 5.74) is 5.92. The highest BCUT2D eigenvalue weighted by Gasteiger charge is 2.38. The second kappa shape index (κ2) is 7.42. The predicted molar refractivity (Wildman–Crippen MR) is 90.9 cm³/mol. The average Bonchev–Trinajstić information content (AvgIpc) is 2.64. The number of aromatic nitrogens is 1. The fraction of sp³-hybridized carbons (Fsp3) is 0.333. The molecule has 1 aromatic carbocycles. The van der Waals surface area contributed by atoms with Crippen LogP contribution in [-0.4, -0.2) is 30.6 Å². The maximum Gasteiger partial charge on any atom is 0.232 e. The van der Waals surface area contributed by atoms with Crippen LogP contribution in [0.2, 0.25) is 0 Å². The number of hydrogen-bond acceptors (Lipinski definition) is 5. The van der Waals surface area contributed by atoms with Gasteiger partial charge in [0.05, 0.1) is 17.3 Å². The summed E-state index contributed by atoms with van der Waals surface area (Å²) >= 11 is 0. The summed E-state index contributed by atoms with van der Waals surface area (Å²) in [6, 6.07) is 12.9. The quantitative estimate of drug-likeness (QED) is 0.881. The number of rotatable bonds is 5. The smallest absolute Gasteiger partial charge is 0.232 e. The molecule has 0 atom stereocenters. The van der Waals surface area contributed by atoms with Gasteiger partial charge < -0.3 is 20.5 Å². The Morgan fingerprint density at radius 2 is 1.96 bits per heavy atom. The van der Waals surface area contributed by atoms with E-state index in [0.717, 1.165) is 0 Å². The third kappa shape index (κ3) is 3.72. The zero-order chi connectivity index (χ0) is 16.8. The lowest BCUT2D eigenvalue weighted by molar-refractivity contribution is -0.130. The first-order valence-electron chi connectivity index (χ1n) is 8.00. The van der Waals surface area contributed by atoms with Crippen molar-refractivity contribution in [3.8, 4) is 11.6 Å². The molecule has 6 heteroatoms. The van der Waals surface area contributed by atoms with Crippen LogP contribution in [0.1, 0.15) is 12.8 Å². The number of pyridine rings is 1. The van der Waals surface area contributed by atoms with Crippen molar-refractivity contribution in [1.29, 1.82) is 0 Å². The van der Waals surface area contributed by atoms with E-state index in [-0.39, 0.29) is 5.91 Å². The molecule has 6 nitrogen and oxygen atoms in total. The molecule has 0 radical (unpaired) electrons. The predicted octanol–water partition coefficient (Wildman–Crippen LogP) is 2.57. The minimum atomic E-state index is -0.558. The molecule has 1 aliphatic heterocycles. The van der Waals surface area contributed by atoms with Gasteiger partial charge in [0.15, 0.2) is 0 Å². The van der Waals surface area contributed by atoms with Crippen LogP contribution in [0.3, 0.4) is 0 Å². The molecule has 24 heavy (non-hydrogen) atoms. The van der Waals surface area contributed by atoms with Crippen LogP contribution in [0.25, 0.3) is 0 Å². The first-order valence-corrected chi connectivity index (χ1v) is 8.00. The molecular weight excluding hydrogens is 306 g/mol. The van der Waals surface area contributed by atoms with Gasteiger partial charge in [0.1, 0.15) is 5.75 Å². The summed E-state index contributed by atoms with van der Waals surface area (Å²) in [7, 11) is 0. The molecule has 1 amide bonds. The Balaban J connectivity index is 1.64. The van der Waals surface area contributed by atoms with Gasteiger partial charge in [-0.2, -0.15) is 0 Å². The number of carbonyl (C=O) groups excluding carboxylic acids is 1. The Labute approximate surface area is 141 Å². The number of nitrogens with one attached hydrogen (secondary N) is 1. The van der Waals surface area contributed by atoms with Crippen molar-refractivity contribution in [3.63, 3.8) is 0 Å². The maximum atomic E-state index is 12.6. The first kappa shape index (κ1) is 16.4. The van der Waals surface area contributed by atoms with Crippen molar-refractivity contribution >= 4 is 11.6 Å². The van der Waals surface area contributed by atoms with Crippen LogP contribution in [0.4, 0.5) is 5.69 Å². The van der Waals surface area contributed by atoms with Gasteiger partial charge in [0.2, 0.25) is 11.8 Å². The van der Waals surface area contributed by atoms with Gasteiger partial charge in [-0.05, 0) is 31.0 Å². The summed E-state index contributed by atoms with van der Waals surface area (Å²) in [6.45, 7) is 1.43. The zero-order valence-corrected chi connectivity index (χ0v) is 13.4. The third-order valence-electron chi connectivity index (χ3n) is 4.28. The third-order valence-corrected chi connectivity index (χ3v) is 4.28. The largest absolute Gasteiger partial charge is 0.439 e. The number of hydrogen-bond donors (Lipinski definition) is 2.